The van der Waals surface area contributed by atoms with Gasteiger partial charge >= 0.3 is 0 Å². The average molecular weight is 316 g/mol. The molecule has 1 aliphatic carbocycles. The zero-order valence-electron chi connectivity index (χ0n) is 14.5. The van der Waals surface area contributed by atoms with Crippen molar-refractivity contribution >= 4 is 11.8 Å². The molecule has 1 aromatic rings. The summed E-state index contributed by atoms with van der Waals surface area (Å²) >= 11 is 0. The molecule has 0 saturated heterocycles. The predicted molar refractivity (Wildman–Crippen MR) is 91.9 cm³/mol. The lowest BCUT2D eigenvalue weighted by molar-refractivity contribution is -0.140. The minimum atomic E-state index is -0.441. The Bertz CT molecular complexity index is 550. The number of carbonyl (C=O) groups excluding carboxylic acids is 2. The first-order chi connectivity index (χ1) is 11.0. The van der Waals surface area contributed by atoms with Crippen LogP contribution in [0.3, 0.4) is 0 Å². The molecule has 0 aliphatic heterocycles. The zero-order chi connectivity index (χ0) is 16.8. The highest BCUT2D eigenvalue weighted by Gasteiger charge is 2.27. The number of nitrogens with one attached hydrogen (secondary N) is 1. The fraction of sp³-hybridized carbons (Fsp3) is 0.579. The van der Waals surface area contributed by atoms with Crippen molar-refractivity contribution in [1.29, 1.82) is 0 Å². The molecule has 2 rings (SSSR count). The number of amides is 2. The number of aryl methyl sites for hydroxylation is 1. The molecule has 0 heterocycles. The minimum absolute atomic E-state index is 0.0144. The van der Waals surface area contributed by atoms with Crippen LogP contribution in [0.1, 0.15) is 57.1 Å². The van der Waals surface area contributed by atoms with Gasteiger partial charge < -0.3 is 10.2 Å². The highest BCUT2D eigenvalue weighted by molar-refractivity contribution is 5.87. The van der Waals surface area contributed by atoms with Gasteiger partial charge in [-0.25, -0.2) is 0 Å². The number of carbonyl (C=O) groups is 2. The lowest BCUT2D eigenvalue weighted by Crippen LogP contribution is -2.49. The molecule has 1 fully saturated rings. The monoisotopic (exact) mass is 316 g/mol. The van der Waals surface area contributed by atoms with Crippen LogP contribution >= 0.6 is 0 Å². The Morgan fingerprint density at radius 2 is 2.00 bits per heavy atom. The maximum Gasteiger partial charge on any atom is 0.242 e. The summed E-state index contributed by atoms with van der Waals surface area (Å²) in [7, 11) is 0. The van der Waals surface area contributed by atoms with Crippen molar-refractivity contribution in [1.82, 2.24) is 10.2 Å². The maximum absolute atomic E-state index is 12.5. The van der Waals surface area contributed by atoms with Crippen LogP contribution < -0.4 is 5.32 Å². The molecule has 4 heteroatoms. The van der Waals surface area contributed by atoms with Crippen LogP contribution in [0.4, 0.5) is 0 Å². The SMILES string of the molecule is CCC(=O)N(Cc1cccc(C)c1)C(C)C(=O)NC1CCCC1. The quantitative estimate of drug-likeness (QED) is 0.876. The van der Waals surface area contributed by atoms with Crippen molar-refractivity contribution < 1.29 is 9.59 Å². The Morgan fingerprint density at radius 3 is 2.61 bits per heavy atom. The van der Waals surface area contributed by atoms with Crippen molar-refractivity contribution in [2.45, 2.75) is 71.5 Å². The van der Waals surface area contributed by atoms with E-state index in [0.29, 0.717) is 13.0 Å². The van der Waals surface area contributed by atoms with Crippen LogP contribution in [0.25, 0.3) is 0 Å². The van der Waals surface area contributed by atoms with Crippen molar-refractivity contribution in [3.05, 3.63) is 35.4 Å². The molecule has 1 N–H and O–H groups in total. The van der Waals surface area contributed by atoms with Gasteiger partial charge in [0.25, 0.3) is 0 Å². The van der Waals surface area contributed by atoms with E-state index in [-0.39, 0.29) is 17.9 Å². The predicted octanol–water partition coefficient (Wildman–Crippen LogP) is 3.18. The third-order valence-corrected chi connectivity index (χ3v) is 4.61. The van der Waals surface area contributed by atoms with Crippen LogP contribution in [0, 0.1) is 6.92 Å². The number of benzene rings is 1. The summed E-state index contributed by atoms with van der Waals surface area (Å²) in [5, 5.41) is 3.10. The Balaban J connectivity index is 2.06. The first-order valence-corrected chi connectivity index (χ1v) is 8.66. The van der Waals surface area contributed by atoms with E-state index in [0.717, 1.165) is 24.0 Å². The van der Waals surface area contributed by atoms with E-state index in [1.54, 1.807) is 4.90 Å². The third kappa shape index (κ3) is 4.81. The number of rotatable bonds is 6. The molecule has 1 unspecified atom stereocenters. The van der Waals surface area contributed by atoms with Crippen LogP contribution in [-0.2, 0) is 16.1 Å². The van der Waals surface area contributed by atoms with Crippen molar-refractivity contribution in [3.63, 3.8) is 0 Å². The third-order valence-electron chi connectivity index (χ3n) is 4.61. The lowest BCUT2D eigenvalue weighted by Gasteiger charge is -2.29. The highest BCUT2D eigenvalue weighted by Crippen LogP contribution is 2.18. The summed E-state index contributed by atoms with van der Waals surface area (Å²) in [6, 6.07) is 7.93. The largest absolute Gasteiger partial charge is 0.352 e. The fourth-order valence-electron chi connectivity index (χ4n) is 3.18. The summed E-state index contributed by atoms with van der Waals surface area (Å²) in [6.07, 6.45) is 4.88. The van der Waals surface area contributed by atoms with Gasteiger partial charge in [0.1, 0.15) is 6.04 Å². The molecule has 2 amide bonds. The Labute approximate surface area is 139 Å². The average Bonchev–Trinajstić information content (AvgIpc) is 3.04. The van der Waals surface area contributed by atoms with E-state index >= 15 is 0 Å². The van der Waals surface area contributed by atoms with Crippen molar-refractivity contribution in [3.8, 4) is 0 Å². The van der Waals surface area contributed by atoms with Gasteiger partial charge in [-0.05, 0) is 32.3 Å². The number of hydrogen-bond acceptors (Lipinski definition) is 2. The number of nitrogens with zero attached hydrogens (tertiary/aromatic N) is 1. The van der Waals surface area contributed by atoms with Crippen LogP contribution in [0.2, 0.25) is 0 Å². The fourth-order valence-corrected chi connectivity index (χ4v) is 3.18. The second-order valence-electron chi connectivity index (χ2n) is 6.53. The molecule has 1 aromatic carbocycles. The van der Waals surface area contributed by atoms with Gasteiger partial charge in [0.2, 0.25) is 11.8 Å². The van der Waals surface area contributed by atoms with E-state index < -0.39 is 6.04 Å². The van der Waals surface area contributed by atoms with Gasteiger partial charge in [0, 0.05) is 19.0 Å². The second kappa shape index (κ2) is 8.14. The van der Waals surface area contributed by atoms with E-state index in [9.17, 15) is 9.59 Å². The van der Waals surface area contributed by atoms with Gasteiger partial charge in [-0.1, -0.05) is 49.6 Å². The molecule has 0 radical (unpaired) electrons. The highest BCUT2D eigenvalue weighted by atomic mass is 16.2. The van der Waals surface area contributed by atoms with Crippen LogP contribution in [-0.4, -0.2) is 28.8 Å². The first-order valence-electron chi connectivity index (χ1n) is 8.66. The molecule has 1 atom stereocenters. The van der Waals surface area contributed by atoms with Crippen LogP contribution in [0.5, 0.6) is 0 Å². The van der Waals surface area contributed by atoms with Gasteiger partial charge in [0.15, 0.2) is 0 Å². The summed E-state index contributed by atoms with van der Waals surface area (Å²) in [5.41, 5.74) is 2.22. The molecular weight excluding hydrogens is 288 g/mol. The molecule has 4 nitrogen and oxygen atoms in total. The molecular formula is C19H28N2O2. The second-order valence-corrected chi connectivity index (χ2v) is 6.53. The molecule has 1 aliphatic rings. The van der Waals surface area contributed by atoms with E-state index in [1.807, 2.05) is 39.0 Å². The molecule has 0 spiro atoms. The molecule has 1 saturated carbocycles. The smallest absolute Gasteiger partial charge is 0.242 e. The summed E-state index contributed by atoms with van der Waals surface area (Å²) in [6.45, 7) is 6.18. The van der Waals surface area contributed by atoms with Crippen LogP contribution in [0.15, 0.2) is 24.3 Å². The topological polar surface area (TPSA) is 49.4 Å². The lowest BCUT2D eigenvalue weighted by atomic mass is 10.1. The molecule has 0 bridgehead atoms. The molecule has 0 aromatic heterocycles. The molecule has 23 heavy (non-hydrogen) atoms. The standard InChI is InChI=1S/C19H28N2O2/c1-4-18(22)21(13-16-9-7-8-14(2)12-16)15(3)19(23)20-17-10-5-6-11-17/h7-9,12,15,17H,4-6,10-11,13H2,1-3H3,(H,20,23). The Morgan fingerprint density at radius 1 is 1.30 bits per heavy atom. The van der Waals surface area contributed by atoms with Crippen molar-refractivity contribution in [2.75, 3.05) is 0 Å². The molecule has 126 valence electrons. The first kappa shape index (κ1) is 17.5. The van der Waals surface area contributed by atoms with Gasteiger partial charge in [-0.2, -0.15) is 0 Å². The van der Waals surface area contributed by atoms with Crippen molar-refractivity contribution in [2.24, 2.45) is 0 Å². The van der Waals surface area contributed by atoms with E-state index in [2.05, 4.69) is 11.4 Å². The summed E-state index contributed by atoms with van der Waals surface area (Å²) < 4.78 is 0. The maximum atomic E-state index is 12.5. The Kier molecular flexibility index (Phi) is 6.20. The zero-order valence-corrected chi connectivity index (χ0v) is 14.5. The van der Waals surface area contributed by atoms with Gasteiger partial charge in [-0.15, -0.1) is 0 Å². The minimum Gasteiger partial charge on any atom is -0.352 e. The van der Waals surface area contributed by atoms with Gasteiger partial charge in [-0.3, -0.25) is 9.59 Å². The normalized spacial score (nSPS) is 16.1. The number of hydrogen-bond donors (Lipinski definition) is 1. The van der Waals surface area contributed by atoms with E-state index in [4.69, 9.17) is 0 Å². The Hall–Kier alpha value is -1.84. The van der Waals surface area contributed by atoms with E-state index in [1.165, 1.54) is 12.8 Å². The summed E-state index contributed by atoms with van der Waals surface area (Å²) in [5.74, 6) is -0.0214. The van der Waals surface area contributed by atoms with Gasteiger partial charge in [0.05, 0.1) is 0 Å². The summed E-state index contributed by atoms with van der Waals surface area (Å²) in [4.78, 5) is 26.5.